The molecule has 0 aliphatic rings. The summed E-state index contributed by atoms with van der Waals surface area (Å²) in [6.07, 6.45) is 0.614. The number of aliphatic hydroxyl groups is 1. The number of carbonyl (C=O) groups excluding carboxylic acids is 1. The van der Waals surface area contributed by atoms with Crippen LogP contribution < -0.4 is 11.1 Å². The predicted octanol–water partition coefficient (Wildman–Crippen LogP) is 1.05. The van der Waals surface area contributed by atoms with E-state index in [2.05, 4.69) is 5.32 Å². The van der Waals surface area contributed by atoms with Crippen molar-refractivity contribution in [1.29, 1.82) is 0 Å². The van der Waals surface area contributed by atoms with Crippen LogP contribution in [0.2, 0.25) is 0 Å². The van der Waals surface area contributed by atoms with E-state index in [4.69, 9.17) is 10.8 Å². The Hall–Kier alpha value is -1.66. The van der Waals surface area contributed by atoms with Crippen LogP contribution >= 0.6 is 0 Å². The Labute approximate surface area is 112 Å². The number of benzene rings is 1. The minimum atomic E-state index is -0.447. The molecule has 0 aliphatic carbocycles. The summed E-state index contributed by atoms with van der Waals surface area (Å²) >= 11 is 0. The van der Waals surface area contributed by atoms with Gasteiger partial charge in [0, 0.05) is 13.2 Å². The molecule has 0 atom stereocenters. The van der Waals surface area contributed by atoms with Crippen molar-refractivity contribution in [2.45, 2.75) is 13.3 Å². The van der Waals surface area contributed by atoms with E-state index < -0.39 is 5.82 Å². The first-order chi connectivity index (χ1) is 9.06. The number of nitrogens with one attached hydrogen (secondary N) is 1. The van der Waals surface area contributed by atoms with E-state index in [-0.39, 0.29) is 24.7 Å². The zero-order valence-corrected chi connectivity index (χ0v) is 11.0. The van der Waals surface area contributed by atoms with Crippen molar-refractivity contribution in [2.24, 2.45) is 0 Å². The van der Waals surface area contributed by atoms with Crippen LogP contribution in [0.15, 0.2) is 18.2 Å². The number of halogens is 1. The van der Waals surface area contributed by atoms with Crippen LogP contribution in [0.4, 0.5) is 15.8 Å². The highest BCUT2D eigenvalue weighted by Crippen LogP contribution is 2.18. The number of nitrogen functional groups attached to an aromatic ring is 1. The van der Waals surface area contributed by atoms with Gasteiger partial charge in [-0.05, 0) is 31.2 Å². The highest BCUT2D eigenvalue weighted by atomic mass is 19.1. The second-order valence-corrected chi connectivity index (χ2v) is 4.23. The molecule has 0 heterocycles. The van der Waals surface area contributed by atoms with Crippen LogP contribution in [0.3, 0.4) is 0 Å². The lowest BCUT2D eigenvalue weighted by molar-refractivity contribution is -0.117. The molecule has 106 valence electrons. The van der Waals surface area contributed by atoms with Crippen molar-refractivity contribution in [3.8, 4) is 0 Å². The van der Waals surface area contributed by atoms with E-state index in [1.165, 1.54) is 18.2 Å². The molecule has 1 amide bonds. The molecule has 0 unspecified atom stereocenters. The van der Waals surface area contributed by atoms with Crippen LogP contribution in [0.25, 0.3) is 0 Å². The minimum absolute atomic E-state index is 0.0922. The number of nitrogens with zero attached hydrogens (tertiary/aromatic N) is 1. The Morgan fingerprint density at radius 2 is 2.26 bits per heavy atom. The summed E-state index contributed by atoms with van der Waals surface area (Å²) in [4.78, 5) is 13.7. The first kappa shape index (κ1) is 15.4. The van der Waals surface area contributed by atoms with Gasteiger partial charge in [0.05, 0.1) is 17.9 Å². The molecule has 1 rings (SSSR count). The van der Waals surface area contributed by atoms with E-state index in [1.807, 2.05) is 11.8 Å². The summed E-state index contributed by atoms with van der Waals surface area (Å²) in [6, 6.07) is 3.84. The number of amides is 1. The molecule has 0 spiro atoms. The van der Waals surface area contributed by atoms with Gasteiger partial charge >= 0.3 is 0 Å². The standard InChI is InChI=1S/C13H20FN3O2/c1-2-17(6-3-7-18)9-13(19)16-12-8-10(14)4-5-11(12)15/h4-5,8,18H,2-3,6-7,9,15H2,1H3,(H,16,19). The number of anilines is 2. The average molecular weight is 269 g/mol. The molecule has 0 bridgehead atoms. The monoisotopic (exact) mass is 269 g/mol. The third kappa shape index (κ3) is 5.23. The van der Waals surface area contributed by atoms with Crippen LogP contribution in [0.5, 0.6) is 0 Å². The second-order valence-electron chi connectivity index (χ2n) is 4.23. The number of rotatable bonds is 7. The summed E-state index contributed by atoms with van der Waals surface area (Å²) in [7, 11) is 0. The van der Waals surface area contributed by atoms with Crippen molar-refractivity contribution in [2.75, 3.05) is 37.3 Å². The van der Waals surface area contributed by atoms with Gasteiger partial charge in [0.2, 0.25) is 5.91 Å². The van der Waals surface area contributed by atoms with Crippen LogP contribution in [0.1, 0.15) is 13.3 Å². The summed E-state index contributed by atoms with van der Waals surface area (Å²) in [5.74, 6) is -0.700. The van der Waals surface area contributed by atoms with Gasteiger partial charge in [-0.2, -0.15) is 0 Å². The van der Waals surface area contributed by atoms with E-state index >= 15 is 0 Å². The maximum absolute atomic E-state index is 13.0. The van der Waals surface area contributed by atoms with E-state index in [9.17, 15) is 9.18 Å². The minimum Gasteiger partial charge on any atom is -0.397 e. The first-order valence-corrected chi connectivity index (χ1v) is 6.25. The predicted molar refractivity (Wildman–Crippen MR) is 73.3 cm³/mol. The maximum Gasteiger partial charge on any atom is 0.238 e. The van der Waals surface area contributed by atoms with Crippen LogP contribution in [0, 0.1) is 5.82 Å². The number of carbonyl (C=O) groups is 1. The van der Waals surface area contributed by atoms with Crippen molar-refractivity contribution in [3.63, 3.8) is 0 Å². The molecule has 4 N–H and O–H groups in total. The van der Waals surface area contributed by atoms with Crippen LogP contribution in [-0.2, 0) is 4.79 Å². The number of hydrogen-bond acceptors (Lipinski definition) is 4. The topological polar surface area (TPSA) is 78.6 Å². The lowest BCUT2D eigenvalue weighted by Crippen LogP contribution is -2.34. The number of likely N-dealkylation sites (N-methyl/N-ethyl adjacent to an activating group) is 1. The highest BCUT2D eigenvalue weighted by Gasteiger charge is 2.10. The van der Waals surface area contributed by atoms with Crippen molar-refractivity contribution in [1.82, 2.24) is 4.90 Å². The molecule has 1 aromatic rings. The second kappa shape index (κ2) is 7.70. The fourth-order valence-electron chi connectivity index (χ4n) is 1.67. The van der Waals surface area contributed by atoms with Crippen molar-refractivity contribution >= 4 is 17.3 Å². The Morgan fingerprint density at radius 1 is 1.53 bits per heavy atom. The van der Waals surface area contributed by atoms with Gasteiger partial charge in [-0.1, -0.05) is 6.92 Å². The Kier molecular flexibility index (Phi) is 6.24. The molecular formula is C13H20FN3O2. The zero-order chi connectivity index (χ0) is 14.3. The lowest BCUT2D eigenvalue weighted by Gasteiger charge is -2.19. The highest BCUT2D eigenvalue weighted by molar-refractivity contribution is 5.95. The zero-order valence-electron chi connectivity index (χ0n) is 11.0. The Balaban J connectivity index is 2.56. The molecular weight excluding hydrogens is 249 g/mol. The number of nitrogens with two attached hydrogens (primary N) is 1. The molecule has 19 heavy (non-hydrogen) atoms. The first-order valence-electron chi connectivity index (χ1n) is 6.25. The molecule has 0 aromatic heterocycles. The largest absolute Gasteiger partial charge is 0.397 e. The Bertz CT molecular complexity index is 426. The normalized spacial score (nSPS) is 10.7. The maximum atomic E-state index is 13.0. The molecule has 0 saturated heterocycles. The van der Waals surface area contributed by atoms with E-state index in [0.29, 0.717) is 25.2 Å². The van der Waals surface area contributed by atoms with Gasteiger partial charge in [0.1, 0.15) is 5.82 Å². The molecule has 0 saturated carbocycles. The molecule has 0 radical (unpaired) electrons. The fraction of sp³-hybridized carbons (Fsp3) is 0.462. The third-order valence-corrected chi connectivity index (χ3v) is 2.74. The Morgan fingerprint density at radius 3 is 2.89 bits per heavy atom. The van der Waals surface area contributed by atoms with Gasteiger partial charge in [0.25, 0.3) is 0 Å². The fourth-order valence-corrected chi connectivity index (χ4v) is 1.67. The summed E-state index contributed by atoms with van der Waals surface area (Å²) in [5, 5.41) is 11.3. The number of hydrogen-bond donors (Lipinski definition) is 3. The van der Waals surface area contributed by atoms with Crippen LogP contribution in [-0.4, -0.2) is 42.2 Å². The summed E-state index contributed by atoms with van der Waals surface area (Å²) in [5.41, 5.74) is 6.26. The van der Waals surface area contributed by atoms with Gasteiger partial charge in [-0.15, -0.1) is 0 Å². The van der Waals surface area contributed by atoms with Crippen molar-refractivity contribution < 1.29 is 14.3 Å². The quantitative estimate of drug-likeness (QED) is 0.647. The van der Waals surface area contributed by atoms with Gasteiger partial charge in [0.15, 0.2) is 0 Å². The summed E-state index contributed by atoms with van der Waals surface area (Å²) < 4.78 is 13.0. The SMILES string of the molecule is CCN(CCCO)CC(=O)Nc1cc(F)ccc1N. The molecule has 5 nitrogen and oxygen atoms in total. The van der Waals surface area contributed by atoms with Gasteiger partial charge < -0.3 is 16.2 Å². The third-order valence-electron chi connectivity index (χ3n) is 2.74. The molecule has 0 aliphatic heterocycles. The van der Waals surface area contributed by atoms with Gasteiger partial charge in [-0.3, -0.25) is 9.69 Å². The van der Waals surface area contributed by atoms with Crippen molar-refractivity contribution in [3.05, 3.63) is 24.0 Å². The number of aliphatic hydroxyl groups excluding tert-OH is 1. The summed E-state index contributed by atoms with van der Waals surface area (Å²) in [6.45, 7) is 3.55. The molecule has 6 heteroatoms. The molecule has 1 aromatic carbocycles. The van der Waals surface area contributed by atoms with E-state index in [0.717, 1.165) is 0 Å². The smallest absolute Gasteiger partial charge is 0.238 e. The lowest BCUT2D eigenvalue weighted by atomic mass is 10.2. The van der Waals surface area contributed by atoms with E-state index in [1.54, 1.807) is 0 Å². The van der Waals surface area contributed by atoms with Gasteiger partial charge in [-0.25, -0.2) is 4.39 Å². The molecule has 0 fully saturated rings. The average Bonchev–Trinajstić information content (AvgIpc) is 2.38.